The molecule has 1 rings (SSSR count). The average molecular weight is 369 g/mol. The molecule has 4 N–H and O–H groups in total. The summed E-state index contributed by atoms with van der Waals surface area (Å²) in [5, 5.41) is 22.1. The normalized spacial score (nSPS) is 14.0. The number of carbonyl (C=O) groups excluding carboxylic acids is 2. The van der Waals surface area contributed by atoms with Gasteiger partial charge in [0.1, 0.15) is 0 Å². The van der Waals surface area contributed by atoms with Crippen LogP contribution in [-0.4, -0.2) is 47.0 Å². The summed E-state index contributed by atoms with van der Waals surface area (Å²) in [5.74, 6) is -2.19. The Labute approximate surface area is 140 Å². The minimum absolute atomic E-state index is 0.0921. The summed E-state index contributed by atoms with van der Waals surface area (Å²) in [5.41, 5.74) is -3.65. The molecule has 0 aliphatic carbocycles. The van der Waals surface area contributed by atoms with Gasteiger partial charge in [0.2, 0.25) is 5.60 Å². The molecule has 0 heterocycles. The topological polar surface area (TPSA) is 98.7 Å². The van der Waals surface area contributed by atoms with E-state index in [2.05, 4.69) is 5.32 Å². The van der Waals surface area contributed by atoms with Gasteiger partial charge in [-0.1, -0.05) is 11.6 Å². The van der Waals surface area contributed by atoms with Gasteiger partial charge >= 0.3 is 6.18 Å². The average Bonchev–Trinajstić information content (AvgIpc) is 2.48. The summed E-state index contributed by atoms with van der Waals surface area (Å²) in [6.07, 6.45) is -4.80. The van der Waals surface area contributed by atoms with Crippen LogP contribution in [0.25, 0.3) is 0 Å². The van der Waals surface area contributed by atoms with Crippen molar-refractivity contribution in [1.82, 2.24) is 5.32 Å². The van der Waals surface area contributed by atoms with Crippen LogP contribution in [-0.2, 0) is 4.79 Å². The summed E-state index contributed by atoms with van der Waals surface area (Å²) in [6.45, 7) is 0.463. The number of benzene rings is 1. The molecule has 134 valence electrons. The number of alkyl halides is 3. The lowest BCUT2D eigenvalue weighted by molar-refractivity contribution is -0.242. The molecule has 6 nitrogen and oxygen atoms in total. The highest BCUT2D eigenvalue weighted by molar-refractivity contribution is 6.34. The molecule has 1 atom stereocenters. The largest absolute Gasteiger partial charge is 0.426 e. The molecule has 0 aromatic heterocycles. The first kappa shape index (κ1) is 20.2. The molecule has 0 fully saturated rings. The molecule has 10 heteroatoms. The van der Waals surface area contributed by atoms with E-state index in [1.807, 2.05) is 5.32 Å². The van der Waals surface area contributed by atoms with E-state index in [9.17, 15) is 27.9 Å². The first-order valence-electron chi connectivity index (χ1n) is 6.80. The number of anilines is 1. The van der Waals surface area contributed by atoms with Crippen LogP contribution in [0.1, 0.15) is 23.7 Å². The number of carbonyl (C=O) groups is 2. The summed E-state index contributed by atoms with van der Waals surface area (Å²) < 4.78 is 37.8. The fourth-order valence-electron chi connectivity index (χ4n) is 1.51. The maximum Gasteiger partial charge on any atom is 0.426 e. The summed E-state index contributed by atoms with van der Waals surface area (Å²) in [6, 6.07) is 3.56. The van der Waals surface area contributed by atoms with Crippen LogP contribution < -0.4 is 10.6 Å². The number of rotatable bonds is 6. The van der Waals surface area contributed by atoms with Gasteiger partial charge in [-0.25, -0.2) is 0 Å². The third kappa shape index (κ3) is 4.83. The Morgan fingerprint density at radius 1 is 1.29 bits per heavy atom. The molecule has 0 bridgehead atoms. The molecule has 2 amide bonds. The Bertz CT molecular complexity index is 621. The lowest BCUT2D eigenvalue weighted by Gasteiger charge is -2.25. The molecule has 0 radical (unpaired) electrons. The fourth-order valence-corrected chi connectivity index (χ4v) is 1.74. The van der Waals surface area contributed by atoms with Gasteiger partial charge in [-0.15, -0.1) is 0 Å². The Morgan fingerprint density at radius 2 is 1.92 bits per heavy atom. The van der Waals surface area contributed by atoms with E-state index in [0.717, 1.165) is 12.1 Å². The zero-order valence-electron chi connectivity index (χ0n) is 12.6. The lowest BCUT2D eigenvalue weighted by atomic mass is 10.1. The van der Waals surface area contributed by atoms with Crippen molar-refractivity contribution in [3.05, 3.63) is 28.8 Å². The van der Waals surface area contributed by atoms with Crippen LogP contribution in [0, 0.1) is 0 Å². The summed E-state index contributed by atoms with van der Waals surface area (Å²) in [7, 11) is 0. The number of nitrogens with one attached hydrogen (secondary N) is 2. The standard InChI is InChI=1S/C14H16ClF3N2O4/c1-13(24,14(16,17)18)12(23)20-10-4-3-8(7-9(10)15)11(22)19-5-2-6-21/h3-4,7,21,24H,2,5-6H2,1H3,(H,19,22)(H,20,23)/t13-/m1/s1. The second kappa shape index (κ2) is 7.82. The zero-order chi connectivity index (χ0) is 18.5. The monoisotopic (exact) mass is 368 g/mol. The van der Waals surface area contributed by atoms with Gasteiger partial charge in [0, 0.05) is 18.7 Å². The minimum atomic E-state index is -5.16. The molecule has 1 aromatic carbocycles. The van der Waals surface area contributed by atoms with Crippen LogP contribution in [0.3, 0.4) is 0 Å². The van der Waals surface area contributed by atoms with Crippen molar-refractivity contribution in [3.8, 4) is 0 Å². The van der Waals surface area contributed by atoms with E-state index in [-0.39, 0.29) is 29.4 Å². The molecule has 24 heavy (non-hydrogen) atoms. The Hall–Kier alpha value is -1.84. The van der Waals surface area contributed by atoms with E-state index in [1.165, 1.54) is 6.07 Å². The fraction of sp³-hybridized carbons (Fsp3) is 0.429. The van der Waals surface area contributed by atoms with Crippen molar-refractivity contribution in [3.63, 3.8) is 0 Å². The number of hydrogen-bond donors (Lipinski definition) is 4. The molecule has 0 saturated carbocycles. The van der Waals surface area contributed by atoms with Crippen LogP contribution in [0.4, 0.5) is 18.9 Å². The second-order valence-electron chi connectivity index (χ2n) is 5.05. The van der Waals surface area contributed by atoms with Gasteiger partial charge in [0.15, 0.2) is 0 Å². The third-order valence-corrected chi connectivity index (χ3v) is 3.41. The third-order valence-electron chi connectivity index (χ3n) is 3.09. The van der Waals surface area contributed by atoms with E-state index in [1.54, 1.807) is 0 Å². The molecule has 0 aliphatic rings. The molecule has 1 aromatic rings. The number of amides is 2. The predicted octanol–water partition coefficient (Wildman–Crippen LogP) is 1.70. The van der Waals surface area contributed by atoms with E-state index >= 15 is 0 Å². The predicted molar refractivity (Wildman–Crippen MR) is 80.8 cm³/mol. The van der Waals surface area contributed by atoms with Crippen LogP contribution >= 0.6 is 11.6 Å². The second-order valence-corrected chi connectivity index (χ2v) is 5.46. The first-order valence-corrected chi connectivity index (χ1v) is 7.17. The number of aliphatic hydroxyl groups is 2. The van der Waals surface area contributed by atoms with Crippen LogP contribution in [0.2, 0.25) is 5.02 Å². The van der Waals surface area contributed by atoms with Gasteiger partial charge in [-0.3, -0.25) is 9.59 Å². The molecule has 0 spiro atoms. The summed E-state index contributed by atoms with van der Waals surface area (Å²) in [4.78, 5) is 23.4. The van der Waals surface area contributed by atoms with Crippen molar-refractivity contribution in [2.24, 2.45) is 0 Å². The number of aliphatic hydroxyl groups excluding tert-OH is 1. The van der Waals surface area contributed by atoms with Crippen molar-refractivity contribution in [1.29, 1.82) is 0 Å². The Balaban J connectivity index is 2.86. The van der Waals surface area contributed by atoms with E-state index < -0.39 is 23.6 Å². The van der Waals surface area contributed by atoms with E-state index in [4.69, 9.17) is 16.7 Å². The Morgan fingerprint density at radius 3 is 2.42 bits per heavy atom. The maximum absolute atomic E-state index is 12.6. The van der Waals surface area contributed by atoms with Gasteiger partial charge in [-0.2, -0.15) is 13.2 Å². The highest BCUT2D eigenvalue weighted by atomic mass is 35.5. The molecule has 0 aliphatic heterocycles. The van der Waals surface area contributed by atoms with Crippen LogP contribution in [0.15, 0.2) is 18.2 Å². The van der Waals surface area contributed by atoms with Gasteiger partial charge < -0.3 is 20.8 Å². The molecular formula is C14H16ClF3N2O4. The van der Waals surface area contributed by atoms with Gasteiger partial charge in [0.25, 0.3) is 11.8 Å². The molecular weight excluding hydrogens is 353 g/mol. The maximum atomic E-state index is 12.6. The highest BCUT2D eigenvalue weighted by Gasteiger charge is 2.55. The van der Waals surface area contributed by atoms with Crippen molar-refractivity contribution in [2.75, 3.05) is 18.5 Å². The van der Waals surface area contributed by atoms with Crippen molar-refractivity contribution < 1.29 is 33.0 Å². The number of halogens is 4. The highest BCUT2D eigenvalue weighted by Crippen LogP contribution is 2.32. The quantitative estimate of drug-likeness (QED) is 0.574. The Kier molecular flexibility index (Phi) is 6.58. The van der Waals surface area contributed by atoms with Crippen LogP contribution in [0.5, 0.6) is 0 Å². The lowest BCUT2D eigenvalue weighted by Crippen LogP contribution is -2.52. The first-order chi connectivity index (χ1) is 11.0. The van der Waals surface area contributed by atoms with Crippen molar-refractivity contribution in [2.45, 2.75) is 25.1 Å². The van der Waals surface area contributed by atoms with Gasteiger partial charge in [0.05, 0.1) is 10.7 Å². The SMILES string of the molecule is C[C@@](O)(C(=O)Nc1ccc(C(=O)NCCCO)cc1Cl)C(F)(F)F. The smallest absolute Gasteiger partial charge is 0.396 e. The molecule has 0 saturated heterocycles. The van der Waals surface area contributed by atoms with E-state index in [0.29, 0.717) is 13.3 Å². The zero-order valence-corrected chi connectivity index (χ0v) is 13.3. The number of hydrogen-bond acceptors (Lipinski definition) is 4. The van der Waals surface area contributed by atoms with Crippen molar-refractivity contribution >= 4 is 29.1 Å². The van der Waals surface area contributed by atoms with Gasteiger partial charge in [-0.05, 0) is 31.5 Å². The molecule has 0 unspecified atom stereocenters. The summed E-state index contributed by atoms with van der Waals surface area (Å²) >= 11 is 5.85. The minimum Gasteiger partial charge on any atom is -0.396 e.